The second-order valence-electron chi connectivity index (χ2n) is 3.79. The fraction of sp³-hybridized carbons (Fsp3) is 0.364. The second kappa shape index (κ2) is 5.09. The number of fused-ring (bicyclic) bond motifs is 1. The summed E-state index contributed by atoms with van der Waals surface area (Å²) in [5, 5.41) is 10.9. The molecule has 96 valence electrons. The number of nitro benzene ring substituents is 1. The van der Waals surface area contributed by atoms with Crippen molar-refractivity contribution in [1.29, 1.82) is 0 Å². The summed E-state index contributed by atoms with van der Waals surface area (Å²) in [6.07, 6.45) is 0.356. The van der Waals surface area contributed by atoms with Crippen molar-refractivity contribution in [1.82, 2.24) is 0 Å². The third-order valence-electron chi connectivity index (χ3n) is 2.73. The summed E-state index contributed by atoms with van der Waals surface area (Å²) in [6.45, 7) is 0. The van der Waals surface area contributed by atoms with Crippen LogP contribution in [0.25, 0.3) is 0 Å². The molecule has 0 radical (unpaired) electrons. The lowest BCUT2D eigenvalue weighted by atomic mass is 10.0. The Kier molecular flexibility index (Phi) is 3.69. The molecule has 0 aromatic heterocycles. The summed E-state index contributed by atoms with van der Waals surface area (Å²) in [7, 11) is 1.28. The third-order valence-corrected chi connectivity index (χ3v) is 3.71. The highest BCUT2D eigenvalue weighted by Crippen LogP contribution is 2.40. The van der Waals surface area contributed by atoms with Crippen molar-refractivity contribution in [3.8, 4) is 5.75 Å². The summed E-state index contributed by atoms with van der Waals surface area (Å²) in [6, 6.07) is 2.70. The Morgan fingerprint density at radius 2 is 2.39 bits per heavy atom. The predicted molar refractivity (Wildman–Crippen MR) is 71.4 cm³/mol. The maximum atomic E-state index is 11.6. The third kappa shape index (κ3) is 2.14. The predicted octanol–water partition coefficient (Wildman–Crippen LogP) is 2.12. The molecule has 2 rings (SSSR count). The van der Waals surface area contributed by atoms with Gasteiger partial charge in [-0.25, -0.2) is 4.79 Å². The van der Waals surface area contributed by atoms with Crippen LogP contribution in [0.4, 0.5) is 5.69 Å². The van der Waals surface area contributed by atoms with E-state index in [0.29, 0.717) is 22.0 Å². The molecule has 1 aromatic carbocycles. The van der Waals surface area contributed by atoms with Gasteiger partial charge < -0.3 is 9.47 Å². The molecule has 0 bridgehead atoms. The molecule has 0 saturated carbocycles. The van der Waals surface area contributed by atoms with Crippen molar-refractivity contribution in [2.75, 3.05) is 11.5 Å². The summed E-state index contributed by atoms with van der Waals surface area (Å²) >= 11 is 2.14. The number of halogens is 1. The average Bonchev–Trinajstić information content (AvgIpc) is 2.80. The van der Waals surface area contributed by atoms with Gasteiger partial charge in [-0.3, -0.25) is 10.1 Å². The first-order valence-corrected chi connectivity index (χ1v) is 6.72. The molecular weight excluding hydrogens is 353 g/mol. The van der Waals surface area contributed by atoms with Gasteiger partial charge in [0.25, 0.3) is 0 Å². The largest absolute Gasteiger partial charge is 0.482 e. The topological polar surface area (TPSA) is 78.7 Å². The molecule has 6 nitrogen and oxygen atoms in total. The fourth-order valence-electron chi connectivity index (χ4n) is 1.92. The maximum absolute atomic E-state index is 11.6. The van der Waals surface area contributed by atoms with Crippen LogP contribution >= 0.6 is 22.6 Å². The van der Waals surface area contributed by atoms with Crippen molar-refractivity contribution >= 4 is 34.2 Å². The minimum atomic E-state index is -0.505. The first kappa shape index (κ1) is 13.1. The molecule has 0 saturated heterocycles. The molecule has 0 N–H and O–H groups in total. The van der Waals surface area contributed by atoms with Crippen LogP contribution in [0.15, 0.2) is 12.1 Å². The summed E-state index contributed by atoms with van der Waals surface area (Å²) in [4.78, 5) is 22.0. The van der Waals surface area contributed by atoms with E-state index in [9.17, 15) is 14.9 Å². The van der Waals surface area contributed by atoms with E-state index in [2.05, 4.69) is 27.3 Å². The number of hydrogen-bond donors (Lipinski definition) is 0. The number of methoxy groups -OCH3 is 1. The first-order chi connectivity index (χ1) is 8.58. The zero-order valence-corrected chi connectivity index (χ0v) is 11.7. The number of carbonyl (C=O) groups excluding carboxylic acids is 1. The van der Waals surface area contributed by atoms with Crippen molar-refractivity contribution in [2.24, 2.45) is 0 Å². The molecule has 7 heteroatoms. The molecule has 1 unspecified atom stereocenters. The SMILES string of the molecule is COC(=O)c1ccc([N+](=O)[O-])c2c1CC(CI)O2. The van der Waals surface area contributed by atoms with Gasteiger partial charge in [0.1, 0.15) is 6.10 Å². The van der Waals surface area contributed by atoms with Crippen molar-refractivity contribution < 1.29 is 19.2 Å². The summed E-state index contributed by atoms with van der Waals surface area (Å²) < 4.78 is 10.9. The van der Waals surface area contributed by atoms with E-state index < -0.39 is 10.9 Å². The van der Waals surface area contributed by atoms with Crippen LogP contribution in [-0.2, 0) is 11.2 Å². The lowest BCUT2D eigenvalue weighted by Crippen LogP contribution is -2.14. The van der Waals surface area contributed by atoms with Gasteiger partial charge in [-0.05, 0) is 6.07 Å². The minimum absolute atomic E-state index is 0.106. The number of nitrogens with zero attached hydrogens (tertiary/aromatic N) is 1. The van der Waals surface area contributed by atoms with E-state index in [1.807, 2.05) is 0 Å². The minimum Gasteiger partial charge on any atom is -0.482 e. The van der Waals surface area contributed by atoms with Crippen molar-refractivity contribution in [3.63, 3.8) is 0 Å². The highest BCUT2D eigenvalue weighted by molar-refractivity contribution is 14.1. The number of rotatable bonds is 3. The zero-order chi connectivity index (χ0) is 13.3. The lowest BCUT2D eigenvalue weighted by Gasteiger charge is -2.06. The summed E-state index contributed by atoms with van der Waals surface area (Å²) in [5.74, 6) is -0.302. The lowest BCUT2D eigenvalue weighted by molar-refractivity contribution is -0.385. The number of nitro groups is 1. The van der Waals surface area contributed by atoms with E-state index in [0.717, 1.165) is 0 Å². The molecule has 1 aromatic rings. The van der Waals surface area contributed by atoms with E-state index >= 15 is 0 Å². The van der Waals surface area contributed by atoms with Gasteiger partial charge >= 0.3 is 11.7 Å². The van der Waals surface area contributed by atoms with Crippen LogP contribution in [0.2, 0.25) is 0 Å². The van der Waals surface area contributed by atoms with Crippen molar-refractivity contribution in [3.05, 3.63) is 33.4 Å². The number of hydrogen-bond acceptors (Lipinski definition) is 5. The molecule has 18 heavy (non-hydrogen) atoms. The summed E-state index contributed by atoms with van der Waals surface area (Å²) in [5.41, 5.74) is 0.799. The smallest absolute Gasteiger partial charge is 0.338 e. The van der Waals surface area contributed by atoms with Gasteiger partial charge in [0.2, 0.25) is 5.75 Å². The molecule has 0 aliphatic carbocycles. The number of benzene rings is 1. The van der Waals surface area contributed by atoms with E-state index in [1.54, 1.807) is 0 Å². The zero-order valence-electron chi connectivity index (χ0n) is 9.51. The molecule has 1 aliphatic heterocycles. The fourth-order valence-corrected chi connectivity index (χ4v) is 2.41. The Hall–Kier alpha value is -1.38. The number of alkyl halides is 1. The van der Waals surface area contributed by atoms with Crippen molar-refractivity contribution in [2.45, 2.75) is 12.5 Å². The molecule has 0 fully saturated rings. The van der Waals surface area contributed by atoms with Gasteiger partial charge in [0.05, 0.1) is 17.6 Å². The average molecular weight is 363 g/mol. The standard InChI is InChI=1S/C11H10INO5/c1-17-11(14)7-2-3-9(13(15)16)10-8(7)4-6(5-12)18-10/h2-3,6H,4-5H2,1H3. The Morgan fingerprint density at radius 3 is 2.94 bits per heavy atom. The molecule has 1 heterocycles. The van der Waals surface area contributed by atoms with E-state index in [4.69, 9.17) is 4.74 Å². The molecule has 1 atom stereocenters. The normalized spacial score (nSPS) is 16.9. The monoisotopic (exact) mass is 363 g/mol. The van der Waals surface area contributed by atoms with Crippen LogP contribution in [0.3, 0.4) is 0 Å². The Morgan fingerprint density at radius 1 is 1.67 bits per heavy atom. The maximum Gasteiger partial charge on any atom is 0.338 e. The van der Waals surface area contributed by atoms with Crippen LogP contribution < -0.4 is 4.74 Å². The highest BCUT2D eigenvalue weighted by Gasteiger charge is 2.33. The molecular formula is C11H10INO5. The van der Waals surface area contributed by atoms with Gasteiger partial charge in [-0.1, -0.05) is 22.6 Å². The number of carbonyl (C=O) groups is 1. The molecule has 0 spiro atoms. The van der Waals surface area contributed by atoms with E-state index in [-0.39, 0.29) is 17.5 Å². The van der Waals surface area contributed by atoms with Gasteiger partial charge in [0.15, 0.2) is 0 Å². The molecule has 1 aliphatic rings. The highest BCUT2D eigenvalue weighted by atomic mass is 127. The quantitative estimate of drug-likeness (QED) is 0.270. The molecule has 0 amide bonds. The first-order valence-electron chi connectivity index (χ1n) is 5.19. The second-order valence-corrected chi connectivity index (χ2v) is 4.67. The number of esters is 1. The Labute approximate surface area is 117 Å². The van der Waals surface area contributed by atoms with Gasteiger partial charge in [-0.15, -0.1) is 0 Å². The van der Waals surface area contributed by atoms with Crippen LogP contribution in [0.1, 0.15) is 15.9 Å². The Balaban J connectivity index is 2.54. The van der Waals surface area contributed by atoms with Gasteiger partial charge in [-0.2, -0.15) is 0 Å². The van der Waals surface area contributed by atoms with Crippen LogP contribution in [0, 0.1) is 10.1 Å². The Bertz CT molecular complexity index is 516. The van der Waals surface area contributed by atoms with Crippen LogP contribution in [0.5, 0.6) is 5.75 Å². The van der Waals surface area contributed by atoms with Gasteiger partial charge in [0, 0.05) is 22.5 Å². The van der Waals surface area contributed by atoms with E-state index in [1.165, 1.54) is 19.2 Å². The van der Waals surface area contributed by atoms with Crippen LogP contribution in [-0.4, -0.2) is 28.5 Å². The number of ether oxygens (including phenoxy) is 2.